The third kappa shape index (κ3) is 2.28. The molecule has 0 fully saturated rings. The van der Waals surface area contributed by atoms with Crippen LogP contribution in [0.1, 0.15) is 20.7 Å². The van der Waals surface area contributed by atoms with Gasteiger partial charge >= 0.3 is 11.9 Å². The summed E-state index contributed by atoms with van der Waals surface area (Å²) in [5, 5.41) is 0.788. The van der Waals surface area contributed by atoms with Crippen LogP contribution in [0.3, 0.4) is 0 Å². The predicted molar refractivity (Wildman–Crippen MR) is 83.3 cm³/mol. The summed E-state index contributed by atoms with van der Waals surface area (Å²) in [5.74, 6) is -0.604. The number of hydrogen-bond donors (Lipinski definition) is 0. The van der Waals surface area contributed by atoms with Crippen molar-refractivity contribution in [2.45, 2.75) is 0 Å². The Kier molecular flexibility index (Phi) is 3.65. The first-order valence-electron chi connectivity index (χ1n) is 6.91. The smallest absolute Gasteiger partial charge is 0.340 e. The monoisotopic (exact) mass is 313 g/mol. The highest BCUT2D eigenvalue weighted by Crippen LogP contribution is 2.34. The van der Waals surface area contributed by atoms with E-state index in [0.29, 0.717) is 16.8 Å². The number of nitrogens with zero attached hydrogens (tertiary/aromatic N) is 1. The first-order valence-corrected chi connectivity index (χ1v) is 6.91. The minimum absolute atomic E-state index is 0.139. The van der Waals surface area contributed by atoms with Crippen molar-refractivity contribution in [3.05, 3.63) is 47.9 Å². The molecule has 6 nitrogen and oxygen atoms in total. The zero-order valence-electron chi connectivity index (χ0n) is 13.0. The number of furan rings is 1. The molecule has 0 aliphatic carbocycles. The minimum atomic E-state index is -0.610. The molecule has 0 unspecified atom stereocenters. The van der Waals surface area contributed by atoms with Crippen LogP contribution in [-0.4, -0.2) is 30.7 Å². The van der Waals surface area contributed by atoms with Crippen LogP contribution in [0.2, 0.25) is 0 Å². The lowest BCUT2D eigenvalue weighted by molar-refractivity contribution is 0.0557. The molecule has 3 aromatic rings. The van der Waals surface area contributed by atoms with Crippen molar-refractivity contribution in [3.63, 3.8) is 0 Å². The summed E-state index contributed by atoms with van der Waals surface area (Å²) in [6, 6.07) is 7.01. The maximum absolute atomic E-state index is 12.2. The number of esters is 2. The van der Waals surface area contributed by atoms with Crippen molar-refractivity contribution in [2.24, 2.45) is 7.05 Å². The average Bonchev–Trinajstić information content (AvgIpc) is 3.22. The number of aromatic nitrogens is 1. The lowest BCUT2D eigenvalue weighted by atomic mass is 9.97. The third-order valence-corrected chi connectivity index (χ3v) is 3.74. The Labute approximate surface area is 132 Å². The molecule has 0 spiro atoms. The Morgan fingerprint density at radius 3 is 2.48 bits per heavy atom. The minimum Gasteiger partial charge on any atom is -0.465 e. The number of carbonyl (C=O) groups is 2. The largest absolute Gasteiger partial charge is 0.465 e. The van der Waals surface area contributed by atoms with Crippen LogP contribution in [-0.2, 0) is 16.5 Å². The topological polar surface area (TPSA) is 70.7 Å². The summed E-state index contributed by atoms with van der Waals surface area (Å²) in [4.78, 5) is 24.4. The van der Waals surface area contributed by atoms with E-state index in [1.54, 1.807) is 36.1 Å². The molecule has 118 valence electrons. The van der Waals surface area contributed by atoms with Crippen molar-refractivity contribution >= 4 is 22.8 Å². The molecule has 2 heterocycles. The van der Waals surface area contributed by atoms with Crippen LogP contribution in [0, 0.1) is 0 Å². The first-order chi connectivity index (χ1) is 11.1. The summed E-state index contributed by atoms with van der Waals surface area (Å²) in [7, 11) is 4.34. The van der Waals surface area contributed by atoms with Gasteiger partial charge in [0.1, 0.15) is 5.76 Å². The number of benzene rings is 1. The second-order valence-electron chi connectivity index (χ2n) is 5.00. The maximum Gasteiger partial charge on any atom is 0.340 e. The Hall–Kier alpha value is -3.02. The van der Waals surface area contributed by atoms with Crippen LogP contribution in [0.4, 0.5) is 0 Å². The van der Waals surface area contributed by atoms with E-state index in [2.05, 4.69) is 0 Å². The molecule has 0 amide bonds. The highest BCUT2D eigenvalue weighted by Gasteiger charge is 2.26. The number of methoxy groups -OCH3 is 2. The lowest BCUT2D eigenvalue weighted by Crippen LogP contribution is -2.14. The number of ether oxygens (including phenoxy) is 2. The van der Waals surface area contributed by atoms with E-state index in [1.807, 2.05) is 12.3 Å². The molecule has 23 heavy (non-hydrogen) atoms. The highest BCUT2D eigenvalue weighted by atomic mass is 16.5. The van der Waals surface area contributed by atoms with Crippen molar-refractivity contribution in [1.29, 1.82) is 0 Å². The van der Waals surface area contributed by atoms with Crippen molar-refractivity contribution < 1.29 is 23.5 Å². The van der Waals surface area contributed by atoms with E-state index >= 15 is 0 Å². The van der Waals surface area contributed by atoms with Gasteiger partial charge in [0.15, 0.2) is 0 Å². The summed E-state index contributed by atoms with van der Waals surface area (Å²) >= 11 is 0. The van der Waals surface area contributed by atoms with E-state index < -0.39 is 11.9 Å². The van der Waals surface area contributed by atoms with Crippen LogP contribution >= 0.6 is 0 Å². The molecule has 3 rings (SSSR count). The number of rotatable bonds is 3. The molecular formula is C17H15NO5. The van der Waals surface area contributed by atoms with Gasteiger partial charge in [-0.2, -0.15) is 0 Å². The fourth-order valence-corrected chi connectivity index (χ4v) is 2.70. The molecular weight excluding hydrogens is 298 g/mol. The second-order valence-corrected chi connectivity index (χ2v) is 5.00. The number of carbonyl (C=O) groups excluding carboxylic acids is 2. The Bertz CT molecular complexity index is 889. The number of fused-ring (bicyclic) bond motifs is 1. The van der Waals surface area contributed by atoms with Crippen molar-refractivity contribution in [3.8, 4) is 11.3 Å². The normalized spacial score (nSPS) is 10.7. The van der Waals surface area contributed by atoms with E-state index in [4.69, 9.17) is 13.9 Å². The molecule has 0 radical (unpaired) electrons. The van der Waals surface area contributed by atoms with Crippen molar-refractivity contribution in [1.82, 2.24) is 4.57 Å². The third-order valence-electron chi connectivity index (χ3n) is 3.74. The van der Waals surface area contributed by atoms with Crippen LogP contribution < -0.4 is 0 Å². The molecule has 0 aliphatic rings. The van der Waals surface area contributed by atoms with Crippen LogP contribution in [0.15, 0.2) is 41.1 Å². The second kappa shape index (κ2) is 5.64. The lowest BCUT2D eigenvalue weighted by Gasteiger charge is -2.12. The van der Waals surface area contributed by atoms with Gasteiger partial charge in [-0.05, 0) is 24.3 Å². The molecule has 0 saturated heterocycles. The molecule has 0 bridgehead atoms. The van der Waals surface area contributed by atoms with Crippen LogP contribution in [0.25, 0.3) is 22.2 Å². The zero-order valence-corrected chi connectivity index (χ0v) is 13.0. The van der Waals surface area contributed by atoms with E-state index in [0.717, 1.165) is 5.39 Å². The van der Waals surface area contributed by atoms with E-state index in [-0.39, 0.29) is 11.1 Å². The highest BCUT2D eigenvalue weighted by molar-refractivity contribution is 6.15. The van der Waals surface area contributed by atoms with Gasteiger partial charge in [-0.3, -0.25) is 0 Å². The van der Waals surface area contributed by atoms with E-state index in [1.165, 1.54) is 14.2 Å². The van der Waals surface area contributed by atoms with Crippen LogP contribution in [0.5, 0.6) is 0 Å². The van der Waals surface area contributed by atoms with Gasteiger partial charge < -0.3 is 18.5 Å². The summed E-state index contributed by atoms with van der Waals surface area (Å²) in [5.41, 5.74) is 1.61. The molecule has 2 aromatic heterocycles. The number of aryl methyl sites for hydroxylation is 1. The summed E-state index contributed by atoms with van der Waals surface area (Å²) in [6.07, 6.45) is 3.36. The number of hydrogen-bond acceptors (Lipinski definition) is 5. The first kappa shape index (κ1) is 14.9. The molecule has 0 N–H and O–H groups in total. The van der Waals surface area contributed by atoms with Gasteiger partial charge in [-0.25, -0.2) is 9.59 Å². The van der Waals surface area contributed by atoms with Crippen molar-refractivity contribution in [2.75, 3.05) is 14.2 Å². The SMILES string of the molecule is COC(=O)c1cc(-c2ccco2)c2ccn(C)c2c1C(=O)OC. The predicted octanol–water partition coefficient (Wildman–Crippen LogP) is 3.01. The average molecular weight is 313 g/mol. The summed E-state index contributed by atoms with van der Waals surface area (Å²) in [6.45, 7) is 0. The van der Waals surface area contributed by atoms with Gasteiger partial charge in [-0.1, -0.05) is 0 Å². The van der Waals surface area contributed by atoms with Gasteiger partial charge in [-0.15, -0.1) is 0 Å². The fraction of sp³-hybridized carbons (Fsp3) is 0.176. The van der Waals surface area contributed by atoms with Gasteiger partial charge in [0, 0.05) is 24.2 Å². The standard InChI is InChI=1S/C17H15NO5/c1-18-7-6-10-11(13-5-4-8-23-13)9-12(16(19)21-2)14(15(10)18)17(20)22-3/h4-9H,1-3H3. The summed E-state index contributed by atoms with van der Waals surface area (Å²) < 4.78 is 16.9. The zero-order chi connectivity index (χ0) is 16.6. The van der Waals surface area contributed by atoms with E-state index in [9.17, 15) is 9.59 Å². The van der Waals surface area contributed by atoms with Gasteiger partial charge in [0.2, 0.25) is 0 Å². The Balaban J connectivity index is 2.45. The Morgan fingerprint density at radius 2 is 1.87 bits per heavy atom. The molecule has 6 heteroatoms. The molecule has 0 atom stereocenters. The molecule has 0 saturated carbocycles. The van der Waals surface area contributed by atoms with Gasteiger partial charge in [0.05, 0.1) is 37.1 Å². The molecule has 0 aliphatic heterocycles. The Morgan fingerprint density at radius 1 is 1.13 bits per heavy atom. The maximum atomic E-state index is 12.2. The quantitative estimate of drug-likeness (QED) is 0.695. The van der Waals surface area contributed by atoms with Gasteiger partial charge in [0.25, 0.3) is 0 Å². The fourth-order valence-electron chi connectivity index (χ4n) is 2.70. The molecule has 1 aromatic carbocycles.